The van der Waals surface area contributed by atoms with Crippen LogP contribution in [0.3, 0.4) is 0 Å². The van der Waals surface area contributed by atoms with Crippen molar-refractivity contribution >= 4 is 44.4 Å². The quantitative estimate of drug-likeness (QED) is 0.880. The molecule has 1 aromatic carbocycles. The van der Waals surface area contributed by atoms with Gasteiger partial charge in [0, 0.05) is 21.4 Å². The molecule has 0 aliphatic heterocycles. The molecule has 1 unspecified atom stereocenters. The van der Waals surface area contributed by atoms with Crippen molar-refractivity contribution in [3.63, 3.8) is 0 Å². The number of carboxylic acid groups (broad SMARTS) is 1. The molecule has 0 radical (unpaired) electrons. The Bertz CT molecular complexity index is 573. The van der Waals surface area contributed by atoms with Crippen LogP contribution in [0, 0.1) is 0 Å². The van der Waals surface area contributed by atoms with E-state index in [1.807, 2.05) is 24.3 Å². The summed E-state index contributed by atoms with van der Waals surface area (Å²) >= 11 is 4.73. The van der Waals surface area contributed by atoms with E-state index in [2.05, 4.69) is 20.9 Å². The number of pyridine rings is 1. The summed E-state index contributed by atoms with van der Waals surface area (Å²) in [7, 11) is 0. The molecule has 0 aliphatic rings. The van der Waals surface area contributed by atoms with Gasteiger partial charge in [-0.15, -0.1) is 0 Å². The van der Waals surface area contributed by atoms with E-state index >= 15 is 0 Å². The Kier molecular flexibility index (Phi) is 3.69. The predicted molar refractivity (Wildman–Crippen MR) is 72.4 cm³/mol. The molecule has 0 spiro atoms. The van der Waals surface area contributed by atoms with Gasteiger partial charge in [0.2, 0.25) is 0 Å². The highest BCUT2D eigenvalue weighted by Gasteiger charge is 2.15. The first-order valence-electron chi connectivity index (χ1n) is 5.02. The molecular weight excluding hydrogens is 302 g/mol. The van der Waals surface area contributed by atoms with Crippen LogP contribution in [-0.2, 0) is 4.79 Å². The third-order valence-electron chi connectivity index (χ3n) is 2.35. The SMILES string of the molecule is CC(Sc1nccc2c(Br)cccc12)C(=O)O. The number of carbonyl (C=O) groups is 1. The second-order valence-electron chi connectivity index (χ2n) is 3.55. The zero-order valence-electron chi connectivity index (χ0n) is 9.05. The molecule has 5 heteroatoms. The summed E-state index contributed by atoms with van der Waals surface area (Å²) in [6.45, 7) is 1.66. The molecule has 0 amide bonds. The number of rotatable bonds is 3. The first-order chi connectivity index (χ1) is 8.09. The lowest BCUT2D eigenvalue weighted by Crippen LogP contribution is -2.11. The maximum atomic E-state index is 10.8. The van der Waals surface area contributed by atoms with E-state index in [4.69, 9.17) is 5.11 Å². The number of hydrogen-bond donors (Lipinski definition) is 1. The fourth-order valence-electron chi connectivity index (χ4n) is 1.45. The largest absolute Gasteiger partial charge is 0.480 e. The van der Waals surface area contributed by atoms with Crippen molar-refractivity contribution < 1.29 is 9.90 Å². The van der Waals surface area contributed by atoms with Gasteiger partial charge in [-0.05, 0) is 19.1 Å². The molecule has 3 nitrogen and oxygen atoms in total. The Labute approximate surface area is 111 Å². The summed E-state index contributed by atoms with van der Waals surface area (Å²) in [5.41, 5.74) is 0. The van der Waals surface area contributed by atoms with Gasteiger partial charge in [-0.1, -0.05) is 39.8 Å². The lowest BCUT2D eigenvalue weighted by molar-refractivity contribution is -0.136. The second kappa shape index (κ2) is 5.06. The monoisotopic (exact) mass is 311 g/mol. The summed E-state index contributed by atoms with van der Waals surface area (Å²) < 4.78 is 0.988. The second-order valence-corrected chi connectivity index (χ2v) is 5.73. The number of aliphatic carboxylic acids is 1. The van der Waals surface area contributed by atoms with Crippen LogP contribution in [0.25, 0.3) is 10.8 Å². The third-order valence-corrected chi connectivity index (χ3v) is 4.15. The average molecular weight is 312 g/mol. The van der Waals surface area contributed by atoms with Crippen LogP contribution in [-0.4, -0.2) is 21.3 Å². The summed E-state index contributed by atoms with van der Waals surface area (Å²) in [6.07, 6.45) is 1.70. The molecule has 1 heterocycles. The number of carboxylic acids is 1. The van der Waals surface area contributed by atoms with Crippen LogP contribution in [0.2, 0.25) is 0 Å². The van der Waals surface area contributed by atoms with Crippen molar-refractivity contribution in [2.45, 2.75) is 17.2 Å². The Morgan fingerprint density at radius 2 is 2.18 bits per heavy atom. The van der Waals surface area contributed by atoms with Crippen LogP contribution < -0.4 is 0 Å². The van der Waals surface area contributed by atoms with Gasteiger partial charge in [-0.2, -0.15) is 0 Å². The number of halogens is 1. The lowest BCUT2D eigenvalue weighted by atomic mass is 10.2. The van der Waals surface area contributed by atoms with E-state index in [9.17, 15) is 4.79 Å². The molecule has 1 atom stereocenters. The molecule has 2 aromatic rings. The van der Waals surface area contributed by atoms with E-state index in [-0.39, 0.29) is 0 Å². The number of hydrogen-bond acceptors (Lipinski definition) is 3. The smallest absolute Gasteiger partial charge is 0.316 e. The Morgan fingerprint density at radius 1 is 1.41 bits per heavy atom. The van der Waals surface area contributed by atoms with Crippen LogP contribution >= 0.6 is 27.7 Å². The van der Waals surface area contributed by atoms with E-state index < -0.39 is 11.2 Å². The molecular formula is C12H10BrNO2S. The van der Waals surface area contributed by atoms with Crippen LogP contribution in [0.4, 0.5) is 0 Å². The predicted octanol–water partition coefficient (Wildman–Crippen LogP) is 3.56. The van der Waals surface area contributed by atoms with Gasteiger partial charge < -0.3 is 5.11 Å². The molecule has 2 rings (SSSR count). The Hall–Kier alpha value is -1.07. The number of aromatic nitrogens is 1. The van der Waals surface area contributed by atoms with Crippen LogP contribution in [0.1, 0.15) is 6.92 Å². The summed E-state index contributed by atoms with van der Waals surface area (Å²) in [6, 6.07) is 7.74. The van der Waals surface area contributed by atoms with Crippen molar-refractivity contribution in [2.75, 3.05) is 0 Å². The van der Waals surface area contributed by atoms with E-state index in [1.165, 1.54) is 11.8 Å². The van der Waals surface area contributed by atoms with Crippen molar-refractivity contribution in [1.29, 1.82) is 0 Å². The van der Waals surface area contributed by atoms with E-state index in [1.54, 1.807) is 13.1 Å². The zero-order chi connectivity index (χ0) is 12.4. The van der Waals surface area contributed by atoms with Crippen LogP contribution in [0.15, 0.2) is 40.0 Å². The Balaban J connectivity index is 2.48. The fraction of sp³-hybridized carbons (Fsp3) is 0.167. The fourth-order valence-corrected chi connectivity index (χ4v) is 2.81. The van der Waals surface area contributed by atoms with Crippen molar-refractivity contribution in [3.05, 3.63) is 34.9 Å². The third kappa shape index (κ3) is 2.61. The van der Waals surface area contributed by atoms with E-state index in [0.29, 0.717) is 0 Å². The summed E-state index contributed by atoms with van der Waals surface area (Å²) in [5.74, 6) is -0.830. The zero-order valence-corrected chi connectivity index (χ0v) is 11.5. The highest BCUT2D eigenvalue weighted by molar-refractivity contribution is 9.10. The van der Waals surface area contributed by atoms with Crippen LogP contribution in [0.5, 0.6) is 0 Å². The number of nitrogens with zero attached hydrogens (tertiary/aromatic N) is 1. The number of fused-ring (bicyclic) bond motifs is 1. The summed E-state index contributed by atoms with van der Waals surface area (Å²) in [4.78, 5) is 15.1. The standard InChI is InChI=1S/C12H10BrNO2S/c1-7(12(15)16)17-11-9-3-2-4-10(13)8(9)5-6-14-11/h2-7H,1H3,(H,15,16). The average Bonchev–Trinajstić information content (AvgIpc) is 2.30. The van der Waals surface area contributed by atoms with Gasteiger partial charge in [0.05, 0.1) is 0 Å². The molecule has 17 heavy (non-hydrogen) atoms. The molecule has 0 saturated heterocycles. The topological polar surface area (TPSA) is 50.2 Å². The Morgan fingerprint density at radius 3 is 2.88 bits per heavy atom. The van der Waals surface area contributed by atoms with Gasteiger partial charge in [0.1, 0.15) is 10.3 Å². The van der Waals surface area contributed by atoms with Gasteiger partial charge in [-0.3, -0.25) is 4.79 Å². The maximum Gasteiger partial charge on any atom is 0.316 e. The minimum Gasteiger partial charge on any atom is -0.480 e. The first-order valence-corrected chi connectivity index (χ1v) is 6.69. The highest BCUT2D eigenvalue weighted by Crippen LogP contribution is 2.32. The van der Waals surface area contributed by atoms with Crippen molar-refractivity contribution in [2.24, 2.45) is 0 Å². The van der Waals surface area contributed by atoms with Crippen molar-refractivity contribution in [1.82, 2.24) is 4.98 Å². The van der Waals surface area contributed by atoms with Gasteiger partial charge in [0.25, 0.3) is 0 Å². The minimum atomic E-state index is -0.830. The van der Waals surface area contributed by atoms with Gasteiger partial charge in [0.15, 0.2) is 0 Å². The highest BCUT2D eigenvalue weighted by atomic mass is 79.9. The molecule has 0 aliphatic carbocycles. The first kappa shape index (κ1) is 12.4. The molecule has 0 bridgehead atoms. The molecule has 0 fully saturated rings. The maximum absolute atomic E-state index is 10.8. The minimum absolute atomic E-state index is 0.507. The van der Waals surface area contributed by atoms with Gasteiger partial charge >= 0.3 is 5.97 Å². The lowest BCUT2D eigenvalue weighted by Gasteiger charge is -2.08. The number of benzene rings is 1. The summed E-state index contributed by atoms with van der Waals surface area (Å²) in [5, 5.41) is 11.2. The molecule has 1 N–H and O–H groups in total. The van der Waals surface area contributed by atoms with Crippen molar-refractivity contribution in [3.8, 4) is 0 Å². The normalized spacial score (nSPS) is 12.6. The molecule has 0 saturated carbocycles. The number of thioether (sulfide) groups is 1. The van der Waals surface area contributed by atoms with Gasteiger partial charge in [-0.25, -0.2) is 4.98 Å². The molecule has 88 valence electrons. The molecule has 1 aromatic heterocycles. The van der Waals surface area contributed by atoms with E-state index in [0.717, 1.165) is 20.3 Å².